The van der Waals surface area contributed by atoms with Gasteiger partial charge in [0.05, 0.1) is 25.3 Å². The van der Waals surface area contributed by atoms with E-state index in [1.807, 2.05) is 24.3 Å². The van der Waals surface area contributed by atoms with Gasteiger partial charge in [-0.3, -0.25) is 9.78 Å². The van der Waals surface area contributed by atoms with E-state index in [2.05, 4.69) is 4.98 Å². The average Bonchev–Trinajstić information content (AvgIpc) is 2.60. The lowest BCUT2D eigenvalue weighted by atomic mass is 9.99. The average molecular weight is 293 g/mol. The van der Waals surface area contributed by atoms with Crippen LogP contribution in [0.2, 0.25) is 0 Å². The molecule has 3 aromatic rings. The Morgan fingerprint density at radius 2 is 1.77 bits per heavy atom. The first-order valence-electron chi connectivity index (χ1n) is 6.85. The molecular weight excluding hydrogens is 278 g/mol. The summed E-state index contributed by atoms with van der Waals surface area (Å²) >= 11 is 0. The zero-order chi connectivity index (χ0) is 15.5. The van der Waals surface area contributed by atoms with Crippen molar-refractivity contribution >= 4 is 16.7 Å². The van der Waals surface area contributed by atoms with Crippen molar-refractivity contribution in [1.29, 1.82) is 0 Å². The quantitative estimate of drug-likeness (QED) is 0.691. The van der Waals surface area contributed by atoms with Gasteiger partial charge in [0.25, 0.3) is 0 Å². The van der Waals surface area contributed by atoms with E-state index in [9.17, 15) is 4.79 Å². The maximum Gasteiger partial charge on any atom is 0.197 e. The molecule has 0 spiro atoms. The molecule has 0 fully saturated rings. The van der Waals surface area contributed by atoms with Crippen LogP contribution in [-0.4, -0.2) is 25.0 Å². The molecule has 4 heteroatoms. The zero-order valence-corrected chi connectivity index (χ0v) is 12.4. The second kappa shape index (κ2) is 5.85. The second-order valence-electron chi connectivity index (χ2n) is 4.77. The molecule has 0 N–H and O–H groups in total. The van der Waals surface area contributed by atoms with Crippen molar-refractivity contribution < 1.29 is 14.3 Å². The van der Waals surface area contributed by atoms with Crippen LogP contribution in [0.1, 0.15) is 15.9 Å². The summed E-state index contributed by atoms with van der Waals surface area (Å²) in [4.78, 5) is 17.2. The number of ether oxygens (including phenoxy) is 2. The first kappa shape index (κ1) is 14.1. The Morgan fingerprint density at radius 1 is 0.955 bits per heavy atom. The van der Waals surface area contributed by atoms with Gasteiger partial charge in [0.1, 0.15) is 11.5 Å². The normalized spacial score (nSPS) is 10.5. The fourth-order valence-electron chi connectivity index (χ4n) is 2.43. The monoisotopic (exact) mass is 293 g/mol. The fraction of sp³-hybridized carbons (Fsp3) is 0.111. The maximum atomic E-state index is 12.9. The van der Waals surface area contributed by atoms with Crippen molar-refractivity contribution in [1.82, 2.24) is 4.98 Å². The third kappa shape index (κ3) is 2.39. The van der Waals surface area contributed by atoms with Gasteiger partial charge in [-0.25, -0.2) is 0 Å². The summed E-state index contributed by atoms with van der Waals surface area (Å²) < 4.78 is 10.5. The number of aromatic nitrogens is 1. The van der Waals surface area contributed by atoms with Crippen LogP contribution in [-0.2, 0) is 0 Å². The molecule has 0 aliphatic carbocycles. The first-order valence-corrected chi connectivity index (χ1v) is 6.85. The highest BCUT2D eigenvalue weighted by molar-refractivity contribution is 6.17. The number of carbonyl (C=O) groups is 1. The van der Waals surface area contributed by atoms with E-state index in [1.165, 1.54) is 7.11 Å². The number of methoxy groups -OCH3 is 2. The van der Waals surface area contributed by atoms with E-state index in [0.29, 0.717) is 22.6 Å². The van der Waals surface area contributed by atoms with Crippen molar-refractivity contribution in [2.75, 3.05) is 14.2 Å². The van der Waals surface area contributed by atoms with Crippen LogP contribution < -0.4 is 9.47 Å². The van der Waals surface area contributed by atoms with Crippen molar-refractivity contribution in [3.8, 4) is 11.5 Å². The summed E-state index contributed by atoms with van der Waals surface area (Å²) in [7, 11) is 3.11. The minimum Gasteiger partial charge on any atom is -0.497 e. The number of nitrogens with zero attached hydrogens (tertiary/aromatic N) is 1. The van der Waals surface area contributed by atoms with Gasteiger partial charge >= 0.3 is 0 Å². The molecule has 0 unspecified atom stereocenters. The maximum absolute atomic E-state index is 12.9. The van der Waals surface area contributed by atoms with E-state index in [4.69, 9.17) is 9.47 Å². The Bertz CT molecular complexity index is 837. The Morgan fingerprint density at radius 3 is 2.55 bits per heavy atom. The minimum absolute atomic E-state index is 0.0990. The van der Waals surface area contributed by atoms with Gasteiger partial charge < -0.3 is 9.47 Å². The van der Waals surface area contributed by atoms with Crippen LogP contribution in [0.3, 0.4) is 0 Å². The molecule has 0 aliphatic rings. The number of benzene rings is 2. The van der Waals surface area contributed by atoms with Gasteiger partial charge in [0, 0.05) is 23.2 Å². The highest BCUT2D eigenvalue weighted by Gasteiger charge is 2.17. The minimum atomic E-state index is -0.0990. The number of ketones is 1. The lowest BCUT2D eigenvalue weighted by molar-refractivity contribution is 0.103. The summed E-state index contributed by atoms with van der Waals surface area (Å²) in [5.74, 6) is 1.04. The SMILES string of the molecule is COc1ccc(C(=O)c2ccnc3ccccc23)c(OC)c1. The van der Waals surface area contributed by atoms with Crippen LogP contribution in [0.5, 0.6) is 11.5 Å². The number of fused-ring (bicyclic) bond motifs is 1. The highest BCUT2D eigenvalue weighted by atomic mass is 16.5. The van der Waals surface area contributed by atoms with Gasteiger partial charge in [-0.05, 0) is 24.3 Å². The van der Waals surface area contributed by atoms with E-state index < -0.39 is 0 Å². The first-order chi connectivity index (χ1) is 10.7. The van der Waals surface area contributed by atoms with Crippen molar-refractivity contribution in [3.05, 3.63) is 65.9 Å². The molecule has 22 heavy (non-hydrogen) atoms. The van der Waals surface area contributed by atoms with Gasteiger partial charge in [-0.2, -0.15) is 0 Å². The van der Waals surface area contributed by atoms with Crippen LogP contribution in [0.25, 0.3) is 10.9 Å². The molecule has 4 nitrogen and oxygen atoms in total. The summed E-state index contributed by atoms with van der Waals surface area (Å²) in [6, 6.07) is 14.5. The van der Waals surface area contributed by atoms with Gasteiger partial charge in [0.2, 0.25) is 0 Å². The molecule has 0 atom stereocenters. The molecule has 0 saturated carbocycles. The van der Waals surface area contributed by atoms with Crippen LogP contribution in [0, 0.1) is 0 Å². The smallest absolute Gasteiger partial charge is 0.197 e. The van der Waals surface area contributed by atoms with Gasteiger partial charge in [-0.15, -0.1) is 0 Å². The van der Waals surface area contributed by atoms with E-state index >= 15 is 0 Å². The zero-order valence-electron chi connectivity index (χ0n) is 12.4. The number of para-hydroxylation sites is 1. The van der Waals surface area contributed by atoms with E-state index in [0.717, 1.165) is 10.9 Å². The molecule has 0 saturated heterocycles. The summed E-state index contributed by atoms with van der Waals surface area (Å²) in [5.41, 5.74) is 1.90. The lowest BCUT2D eigenvalue weighted by Crippen LogP contribution is -2.05. The predicted molar refractivity (Wildman–Crippen MR) is 84.7 cm³/mol. The molecule has 0 amide bonds. The third-order valence-corrected chi connectivity index (χ3v) is 3.55. The molecule has 3 rings (SSSR count). The molecular formula is C18H15NO3. The number of hydrogen-bond acceptors (Lipinski definition) is 4. The van der Waals surface area contributed by atoms with Crippen LogP contribution >= 0.6 is 0 Å². The number of pyridine rings is 1. The van der Waals surface area contributed by atoms with Gasteiger partial charge in [-0.1, -0.05) is 18.2 Å². The van der Waals surface area contributed by atoms with E-state index in [1.54, 1.807) is 37.6 Å². The predicted octanol–water partition coefficient (Wildman–Crippen LogP) is 3.48. The summed E-state index contributed by atoms with van der Waals surface area (Å²) in [6.45, 7) is 0. The van der Waals surface area contributed by atoms with Crippen molar-refractivity contribution in [2.45, 2.75) is 0 Å². The molecule has 0 radical (unpaired) electrons. The largest absolute Gasteiger partial charge is 0.497 e. The van der Waals surface area contributed by atoms with Crippen LogP contribution in [0.4, 0.5) is 0 Å². The number of carbonyl (C=O) groups excluding carboxylic acids is 1. The molecule has 110 valence electrons. The standard InChI is InChI=1S/C18H15NO3/c1-21-12-7-8-15(17(11-12)22-2)18(20)14-9-10-19-16-6-4-3-5-13(14)16/h3-11H,1-2H3. The molecule has 1 aromatic heterocycles. The van der Waals surface area contributed by atoms with Crippen molar-refractivity contribution in [2.24, 2.45) is 0 Å². The highest BCUT2D eigenvalue weighted by Crippen LogP contribution is 2.28. The Balaban J connectivity index is 2.14. The Hall–Kier alpha value is -2.88. The molecule has 0 bridgehead atoms. The van der Waals surface area contributed by atoms with E-state index in [-0.39, 0.29) is 5.78 Å². The Labute approximate surface area is 128 Å². The molecule has 1 heterocycles. The number of rotatable bonds is 4. The lowest BCUT2D eigenvalue weighted by Gasteiger charge is -2.11. The number of hydrogen-bond donors (Lipinski definition) is 0. The van der Waals surface area contributed by atoms with Gasteiger partial charge in [0.15, 0.2) is 5.78 Å². The summed E-state index contributed by atoms with van der Waals surface area (Å²) in [6.07, 6.45) is 1.64. The fourth-order valence-corrected chi connectivity index (χ4v) is 2.43. The Kier molecular flexibility index (Phi) is 3.74. The topological polar surface area (TPSA) is 48.4 Å². The molecule has 0 aliphatic heterocycles. The molecule has 2 aromatic carbocycles. The van der Waals surface area contributed by atoms with Crippen LogP contribution in [0.15, 0.2) is 54.7 Å². The summed E-state index contributed by atoms with van der Waals surface area (Å²) in [5, 5.41) is 0.827. The van der Waals surface area contributed by atoms with Crippen molar-refractivity contribution in [3.63, 3.8) is 0 Å². The second-order valence-corrected chi connectivity index (χ2v) is 4.77. The third-order valence-electron chi connectivity index (χ3n) is 3.55.